The van der Waals surface area contributed by atoms with Crippen molar-refractivity contribution >= 4 is 11.7 Å². The summed E-state index contributed by atoms with van der Waals surface area (Å²) in [5.74, 6) is 0. The predicted octanol–water partition coefficient (Wildman–Crippen LogP) is 2.94. The minimum atomic E-state index is -0.0800. The summed E-state index contributed by atoms with van der Waals surface area (Å²) in [6.45, 7) is 3.21. The summed E-state index contributed by atoms with van der Waals surface area (Å²) in [5, 5.41) is 2.92. The Hall–Kier alpha value is -2.36. The molecule has 2 amide bonds. The number of aromatic nitrogens is 1. The van der Waals surface area contributed by atoms with Gasteiger partial charge in [-0.3, -0.25) is 4.98 Å². The number of rotatable bonds is 1. The summed E-state index contributed by atoms with van der Waals surface area (Å²) in [4.78, 5) is 18.2. The molecule has 0 spiro atoms. The molecule has 0 bridgehead atoms. The zero-order valence-corrected chi connectivity index (χ0v) is 10.8. The number of aryl methyl sites for hydroxylation is 1. The van der Waals surface area contributed by atoms with E-state index in [0.717, 1.165) is 22.5 Å². The highest BCUT2D eigenvalue weighted by Crippen LogP contribution is 2.21. The third kappa shape index (κ3) is 2.42. The number of urea groups is 1. The molecule has 0 aliphatic carbocycles. The van der Waals surface area contributed by atoms with Gasteiger partial charge in [-0.1, -0.05) is 18.2 Å². The molecular formula is C15H15N3O. The molecule has 0 radical (unpaired) electrons. The van der Waals surface area contributed by atoms with Crippen LogP contribution in [0.25, 0.3) is 0 Å². The van der Waals surface area contributed by atoms with Crippen LogP contribution in [-0.2, 0) is 13.1 Å². The largest absolute Gasteiger partial charge is 0.322 e. The fourth-order valence-corrected chi connectivity index (χ4v) is 2.27. The van der Waals surface area contributed by atoms with Crippen LogP contribution in [0.1, 0.15) is 16.8 Å². The fourth-order valence-electron chi connectivity index (χ4n) is 2.27. The van der Waals surface area contributed by atoms with E-state index in [4.69, 9.17) is 0 Å². The lowest BCUT2D eigenvalue weighted by atomic mass is 10.2. The first-order valence-corrected chi connectivity index (χ1v) is 6.28. The third-order valence-corrected chi connectivity index (χ3v) is 3.24. The van der Waals surface area contributed by atoms with Gasteiger partial charge in [-0.25, -0.2) is 4.79 Å². The van der Waals surface area contributed by atoms with Gasteiger partial charge >= 0.3 is 6.03 Å². The van der Waals surface area contributed by atoms with Crippen molar-refractivity contribution in [1.29, 1.82) is 0 Å². The fraction of sp³-hybridized carbons (Fsp3) is 0.200. The summed E-state index contributed by atoms with van der Waals surface area (Å²) in [6, 6.07) is 11.6. The van der Waals surface area contributed by atoms with Gasteiger partial charge in [0.15, 0.2) is 0 Å². The number of fused-ring (bicyclic) bond motifs is 1. The SMILES string of the molecule is Cc1cccc(NC(=O)N2Cc3cccnc3C2)c1. The molecule has 1 aromatic carbocycles. The smallest absolute Gasteiger partial charge is 0.314 e. The molecule has 2 aromatic rings. The molecule has 0 saturated heterocycles. The standard InChI is InChI=1S/C15H15N3O/c1-11-4-2-6-13(8-11)17-15(19)18-9-12-5-3-7-16-14(12)10-18/h2-8H,9-10H2,1H3,(H,17,19). The molecule has 1 aliphatic rings. The first kappa shape index (κ1) is 11.7. The van der Waals surface area contributed by atoms with Crippen LogP contribution in [-0.4, -0.2) is 15.9 Å². The van der Waals surface area contributed by atoms with E-state index in [0.29, 0.717) is 13.1 Å². The van der Waals surface area contributed by atoms with Crippen molar-refractivity contribution < 1.29 is 4.79 Å². The first-order chi connectivity index (χ1) is 9.22. The summed E-state index contributed by atoms with van der Waals surface area (Å²) < 4.78 is 0. The summed E-state index contributed by atoms with van der Waals surface area (Å²) in [6.07, 6.45) is 1.76. The number of carbonyl (C=O) groups excluding carboxylic acids is 1. The van der Waals surface area contributed by atoms with Crippen LogP contribution in [0.2, 0.25) is 0 Å². The Labute approximate surface area is 112 Å². The van der Waals surface area contributed by atoms with Crippen LogP contribution in [0.5, 0.6) is 0 Å². The molecule has 3 rings (SSSR count). The molecule has 4 nitrogen and oxygen atoms in total. The second kappa shape index (κ2) is 4.72. The average Bonchev–Trinajstić information content (AvgIpc) is 2.82. The highest BCUT2D eigenvalue weighted by Gasteiger charge is 2.23. The van der Waals surface area contributed by atoms with Crippen LogP contribution in [0.15, 0.2) is 42.6 Å². The van der Waals surface area contributed by atoms with E-state index in [2.05, 4.69) is 10.3 Å². The molecule has 0 atom stereocenters. The van der Waals surface area contributed by atoms with Gasteiger partial charge in [-0.2, -0.15) is 0 Å². The van der Waals surface area contributed by atoms with E-state index < -0.39 is 0 Å². The first-order valence-electron chi connectivity index (χ1n) is 6.28. The molecular weight excluding hydrogens is 238 g/mol. The molecule has 0 unspecified atom stereocenters. The van der Waals surface area contributed by atoms with Gasteiger partial charge in [0.25, 0.3) is 0 Å². The molecule has 0 fully saturated rings. The number of nitrogens with zero attached hydrogens (tertiary/aromatic N) is 2. The monoisotopic (exact) mass is 253 g/mol. The molecule has 1 aromatic heterocycles. The Morgan fingerprint density at radius 2 is 2.16 bits per heavy atom. The van der Waals surface area contributed by atoms with Crippen molar-refractivity contribution in [3.8, 4) is 0 Å². The summed E-state index contributed by atoms with van der Waals surface area (Å²) in [5.41, 5.74) is 4.07. The molecule has 1 aliphatic heterocycles. The number of amides is 2. The quantitative estimate of drug-likeness (QED) is 0.849. The van der Waals surface area contributed by atoms with Crippen molar-refractivity contribution in [3.05, 3.63) is 59.4 Å². The van der Waals surface area contributed by atoms with Gasteiger partial charge in [0.1, 0.15) is 0 Å². The Morgan fingerprint density at radius 1 is 1.26 bits per heavy atom. The van der Waals surface area contributed by atoms with E-state index in [9.17, 15) is 4.79 Å². The normalized spacial score (nSPS) is 13.2. The maximum atomic E-state index is 12.2. The van der Waals surface area contributed by atoms with Crippen LogP contribution in [0.4, 0.5) is 10.5 Å². The van der Waals surface area contributed by atoms with Crippen LogP contribution < -0.4 is 5.32 Å². The van der Waals surface area contributed by atoms with Crippen LogP contribution >= 0.6 is 0 Å². The van der Waals surface area contributed by atoms with Gasteiger partial charge in [0, 0.05) is 18.4 Å². The van der Waals surface area contributed by atoms with Crippen molar-refractivity contribution in [2.75, 3.05) is 5.32 Å². The van der Waals surface area contributed by atoms with E-state index in [1.807, 2.05) is 43.3 Å². The Kier molecular flexibility index (Phi) is 2.91. The Balaban J connectivity index is 1.70. The topological polar surface area (TPSA) is 45.2 Å². The zero-order chi connectivity index (χ0) is 13.2. The predicted molar refractivity (Wildman–Crippen MR) is 73.7 cm³/mol. The van der Waals surface area contributed by atoms with E-state index in [-0.39, 0.29) is 6.03 Å². The highest BCUT2D eigenvalue weighted by atomic mass is 16.2. The summed E-state index contributed by atoms with van der Waals surface area (Å²) >= 11 is 0. The van der Waals surface area contributed by atoms with Gasteiger partial charge in [0.05, 0.1) is 12.2 Å². The number of hydrogen-bond donors (Lipinski definition) is 1. The van der Waals surface area contributed by atoms with Gasteiger partial charge in [-0.05, 0) is 36.2 Å². The van der Waals surface area contributed by atoms with Crippen molar-refractivity contribution in [2.45, 2.75) is 20.0 Å². The zero-order valence-electron chi connectivity index (χ0n) is 10.8. The molecule has 0 saturated carbocycles. The minimum absolute atomic E-state index is 0.0800. The van der Waals surface area contributed by atoms with Crippen molar-refractivity contribution in [2.24, 2.45) is 0 Å². The van der Waals surface area contributed by atoms with E-state index >= 15 is 0 Å². The third-order valence-electron chi connectivity index (χ3n) is 3.24. The number of carbonyl (C=O) groups is 1. The number of benzene rings is 1. The second-order valence-electron chi connectivity index (χ2n) is 4.76. The lowest BCUT2D eigenvalue weighted by Crippen LogP contribution is -2.30. The molecule has 19 heavy (non-hydrogen) atoms. The van der Waals surface area contributed by atoms with Crippen molar-refractivity contribution in [1.82, 2.24) is 9.88 Å². The van der Waals surface area contributed by atoms with Gasteiger partial charge in [0.2, 0.25) is 0 Å². The number of hydrogen-bond acceptors (Lipinski definition) is 2. The maximum absolute atomic E-state index is 12.2. The lowest BCUT2D eigenvalue weighted by Gasteiger charge is -2.16. The molecule has 2 heterocycles. The molecule has 4 heteroatoms. The second-order valence-corrected chi connectivity index (χ2v) is 4.76. The highest BCUT2D eigenvalue weighted by molar-refractivity contribution is 5.89. The number of nitrogens with one attached hydrogen (secondary N) is 1. The van der Waals surface area contributed by atoms with E-state index in [1.54, 1.807) is 11.1 Å². The van der Waals surface area contributed by atoms with Gasteiger partial charge < -0.3 is 10.2 Å². The van der Waals surface area contributed by atoms with E-state index in [1.165, 1.54) is 0 Å². The van der Waals surface area contributed by atoms with Crippen molar-refractivity contribution in [3.63, 3.8) is 0 Å². The Bertz CT molecular complexity index is 599. The summed E-state index contributed by atoms with van der Waals surface area (Å²) in [7, 11) is 0. The Morgan fingerprint density at radius 3 is 2.95 bits per heavy atom. The minimum Gasteiger partial charge on any atom is -0.314 e. The van der Waals surface area contributed by atoms with Crippen LogP contribution in [0.3, 0.4) is 0 Å². The number of pyridine rings is 1. The maximum Gasteiger partial charge on any atom is 0.322 e. The molecule has 96 valence electrons. The average molecular weight is 253 g/mol. The van der Waals surface area contributed by atoms with Crippen LogP contribution in [0, 0.1) is 6.92 Å². The number of anilines is 1. The molecule has 1 N–H and O–H groups in total. The van der Waals surface area contributed by atoms with Gasteiger partial charge in [-0.15, -0.1) is 0 Å². The lowest BCUT2D eigenvalue weighted by molar-refractivity contribution is 0.212.